The van der Waals surface area contributed by atoms with Gasteiger partial charge in [-0.1, -0.05) is 133 Å². The molecule has 0 N–H and O–H groups in total. The zero-order valence-electron chi connectivity index (χ0n) is 31.1. The molecule has 11 rings (SSSR count). The van der Waals surface area contributed by atoms with Crippen LogP contribution >= 0.6 is 0 Å². The second-order valence-corrected chi connectivity index (χ2v) is 14.5. The van der Waals surface area contributed by atoms with Crippen molar-refractivity contribution in [2.45, 2.75) is 0 Å². The molecule has 1 heterocycles. The Morgan fingerprint density at radius 3 is 1.32 bits per heavy atom. The lowest BCUT2D eigenvalue weighted by atomic mass is 9.88. The van der Waals surface area contributed by atoms with Crippen LogP contribution in [0.1, 0.15) is 0 Å². The summed E-state index contributed by atoms with van der Waals surface area (Å²) < 4.78 is 6.36. The van der Waals surface area contributed by atoms with Gasteiger partial charge < -0.3 is 14.2 Å². The summed E-state index contributed by atoms with van der Waals surface area (Å²) in [6.07, 6.45) is 0. The van der Waals surface area contributed by atoms with E-state index in [0.717, 1.165) is 61.6 Å². The van der Waals surface area contributed by atoms with Crippen LogP contribution < -0.4 is 9.80 Å². The van der Waals surface area contributed by atoms with Crippen LogP contribution in [0.15, 0.2) is 223 Å². The number of nitrogens with zero attached hydrogens (tertiary/aromatic N) is 2. The minimum absolute atomic E-state index is 0.870. The van der Waals surface area contributed by atoms with Gasteiger partial charge in [0.15, 0.2) is 0 Å². The lowest BCUT2D eigenvalue weighted by molar-refractivity contribution is 0.669. The zero-order valence-corrected chi connectivity index (χ0v) is 31.1. The molecule has 0 saturated heterocycles. The van der Waals surface area contributed by atoms with Crippen LogP contribution in [0.25, 0.3) is 65.4 Å². The average Bonchev–Trinajstić information content (AvgIpc) is 3.66. The highest BCUT2D eigenvalue weighted by Gasteiger charge is 2.20. The van der Waals surface area contributed by atoms with Crippen molar-refractivity contribution in [3.05, 3.63) is 218 Å². The smallest absolute Gasteiger partial charge is 0.137 e. The Labute approximate surface area is 330 Å². The minimum atomic E-state index is 0.870. The second-order valence-electron chi connectivity index (χ2n) is 14.5. The Hall–Kier alpha value is -7.62. The van der Waals surface area contributed by atoms with Crippen molar-refractivity contribution in [1.29, 1.82) is 0 Å². The standard InChI is InChI=1S/C54H36N2O/c1-4-16-38(17-5-1)55(42-32-33-48-47-25-14-15-27-52(47)57-53(48)36-42)41-30-28-37(29-31-41)50-34-43(56(39-18-6-2-7-19-39)40-20-8-3-9-21-40)35-51-46-24-11-10-22-44(46)45-23-12-13-26-49(45)54(50)51/h1-36H. The lowest BCUT2D eigenvalue weighted by Gasteiger charge is -2.28. The van der Waals surface area contributed by atoms with Crippen LogP contribution in [0.2, 0.25) is 0 Å². The Morgan fingerprint density at radius 2 is 0.702 bits per heavy atom. The van der Waals surface area contributed by atoms with Crippen LogP contribution in [0.4, 0.5) is 34.1 Å². The van der Waals surface area contributed by atoms with Gasteiger partial charge in [0, 0.05) is 51.0 Å². The third kappa shape index (κ3) is 5.60. The Bertz CT molecular complexity index is 3190. The maximum absolute atomic E-state index is 6.36. The molecule has 3 heteroatoms. The highest BCUT2D eigenvalue weighted by molar-refractivity contribution is 6.29. The molecule has 10 aromatic carbocycles. The van der Waals surface area contributed by atoms with Crippen LogP contribution in [0.5, 0.6) is 0 Å². The maximum atomic E-state index is 6.36. The molecule has 0 saturated carbocycles. The molecule has 3 nitrogen and oxygen atoms in total. The Kier molecular flexibility index (Phi) is 7.82. The fourth-order valence-electron chi connectivity index (χ4n) is 8.64. The first-order chi connectivity index (χ1) is 28.3. The number of rotatable bonds is 7. The molecule has 0 atom stereocenters. The third-order valence-electron chi connectivity index (χ3n) is 11.2. The van der Waals surface area contributed by atoms with E-state index in [2.05, 4.69) is 216 Å². The molecule has 0 radical (unpaired) electrons. The molecule has 0 aliphatic heterocycles. The molecule has 0 amide bonds. The monoisotopic (exact) mass is 728 g/mol. The summed E-state index contributed by atoms with van der Waals surface area (Å²) in [5, 5.41) is 9.71. The van der Waals surface area contributed by atoms with E-state index in [9.17, 15) is 0 Å². The summed E-state index contributed by atoms with van der Waals surface area (Å²) >= 11 is 0. The van der Waals surface area contributed by atoms with Crippen molar-refractivity contribution in [3.8, 4) is 11.1 Å². The van der Waals surface area contributed by atoms with Gasteiger partial charge >= 0.3 is 0 Å². The number of furan rings is 1. The van der Waals surface area contributed by atoms with Crippen molar-refractivity contribution in [1.82, 2.24) is 0 Å². The van der Waals surface area contributed by atoms with Crippen LogP contribution in [0, 0.1) is 0 Å². The van der Waals surface area contributed by atoms with Crippen LogP contribution in [-0.4, -0.2) is 0 Å². The molecule has 1 aromatic heterocycles. The molecule has 11 aromatic rings. The van der Waals surface area contributed by atoms with E-state index in [0.29, 0.717) is 0 Å². The van der Waals surface area contributed by atoms with E-state index in [1.807, 2.05) is 12.1 Å². The summed E-state index contributed by atoms with van der Waals surface area (Å²) in [4.78, 5) is 4.67. The van der Waals surface area contributed by atoms with E-state index >= 15 is 0 Å². The first kappa shape index (κ1) is 32.8. The molecular formula is C54H36N2O. The zero-order chi connectivity index (χ0) is 37.7. The van der Waals surface area contributed by atoms with Crippen molar-refractivity contribution >= 4 is 88.4 Å². The molecule has 0 aliphatic carbocycles. The molecule has 0 fully saturated rings. The van der Waals surface area contributed by atoms with Gasteiger partial charge in [0.1, 0.15) is 11.2 Å². The van der Waals surface area contributed by atoms with Crippen molar-refractivity contribution in [2.24, 2.45) is 0 Å². The van der Waals surface area contributed by atoms with Gasteiger partial charge in [-0.05, 0) is 122 Å². The number of hydrogen-bond donors (Lipinski definition) is 0. The van der Waals surface area contributed by atoms with Crippen LogP contribution in [0.3, 0.4) is 0 Å². The van der Waals surface area contributed by atoms with E-state index in [1.54, 1.807) is 0 Å². The van der Waals surface area contributed by atoms with Crippen molar-refractivity contribution in [2.75, 3.05) is 9.80 Å². The summed E-state index contributed by atoms with van der Waals surface area (Å²) in [6, 6.07) is 78.2. The van der Waals surface area contributed by atoms with E-state index in [1.165, 1.54) is 37.9 Å². The second kappa shape index (κ2) is 13.6. The molecule has 268 valence electrons. The number of benzene rings is 10. The van der Waals surface area contributed by atoms with E-state index < -0.39 is 0 Å². The summed E-state index contributed by atoms with van der Waals surface area (Å²) in [6.45, 7) is 0. The quantitative estimate of drug-likeness (QED) is 0.152. The maximum Gasteiger partial charge on any atom is 0.137 e. The largest absolute Gasteiger partial charge is 0.456 e. The van der Waals surface area contributed by atoms with Gasteiger partial charge in [-0.3, -0.25) is 0 Å². The van der Waals surface area contributed by atoms with E-state index in [4.69, 9.17) is 4.42 Å². The minimum Gasteiger partial charge on any atom is -0.456 e. The number of anilines is 6. The summed E-state index contributed by atoms with van der Waals surface area (Å²) in [7, 11) is 0. The molecular weight excluding hydrogens is 693 g/mol. The van der Waals surface area contributed by atoms with Crippen molar-refractivity contribution in [3.63, 3.8) is 0 Å². The van der Waals surface area contributed by atoms with Gasteiger partial charge in [0.05, 0.1) is 0 Å². The van der Waals surface area contributed by atoms with Crippen LogP contribution in [-0.2, 0) is 0 Å². The summed E-state index contributed by atoms with van der Waals surface area (Å²) in [5.41, 5.74) is 10.6. The lowest BCUT2D eigenvalue weighted by Crippen LogP contribution is -2.10. The van der Waals surface area contributed by atoms with E-state index in [-0.39, 0.29) is 0 Å². The molecule has 0 spiro atoms. The highest BCUT2D eigenvalue weighted by atomic mass is 16.3. The Morgan fingerprint density at radius 1 is 0.263 bits per heavy atom. The van der Waals surface area contributed by atoms with Gasteiger partial charge in [0.2, 0.25) is 0 Å². The number of para-hydroxylation sites is 4. The molecule has 0 unspecified atom stereocenters. The number of fused-ring (bicyclic) bond motifs is 9. The first-order valence-electron chi connectivity index (χ1n) is 19.4. The normalized spacial score (nSPS) is 11.5. The Balaban J connectivity index is 1.14. The van der Waals surface area contributed by atoms with Gasteiger partial charge in [-0.15, -0.1) is 0 Å². The van der Waals surface area contributed by atoms with Gasteiger partial charge in [-0.25, -0.2) is 0 Å². The van der Waals surface area contributed by atoms with Gasteiger partial charge in [-0.2, -0.15) is 0 Å². The van der Waals surface area contributed by atoms with Crippen molar-refractivity contribution < 1.29 is 4.42 Å². The predicted molar refractivity (Wildman–Crippen MR) is 241 cm³/mol. The van der Waals surface area contributed by atoms with Gasteiger partial charge in [0.25, 0.3) is 0 Å². The number of hydrogen-bond acceptors (Lipinski definition) is 3. The first-order valence-corrected chi connectivity index (χ1v) is 19.4. The topological polar surface area (TPSA) is 19.6 Å². The average molecular weight is 729 g/mol. The highest BCUT2D eigenvalue weighted by Crippen LogP contribution is 2.46. The summed E-state index contributed by atoms with van der Waals surface area (Å²) in [5.74, 6) is 0. The predicted octanol–water partition coefficient (Wildman–Crippen LogP) is 15.7. The fourth-order valence-corrected chi connectivity index (χ4v) is 8.64. The third-order valence-corrected chi connectivity index (χ3v) is 11.2. The molecule has 0 bridgehead atoms. The molecule has 0 aliphatic rings. The fraction of sp³-hybridized carbons (Fsp3) is 0. The molecule has 57 heavy (non-hydrogen) atoms. The SMILES string of the molecule is c1ccc(N(c2ccc(-c3cc(N(c4ccccc4)c4ccccc4)cc4c5ccccc5c5ccccc5c34)cc2)c2ccc3c(c2)oc2ccccc23)cc1.